The van der Waals surface area contributed by atoms with E-state index in [-0.39, 0.29) is 6.61 Å². The monoisotopic (exact) mass is 424 g/mol. The number of halogens is 1. The van der Waals surface area contributed by atoms with E-state index in [4.69, 9.17) is 16.3 Å². The second kappa shape index (κ2) is 9.07. The first kappa shape index (κ1) is 21.7. The van der Waals surface area contributed by atoms with Gasteiger partial charge in [0.1, 0.15) is 6.54 Å². The molecule has 0 spiro atoms. The lowest BCUT2D eigenvalue weighted by Gasteiger charge is -2.22. The minimum atomic E-state index is -3.68. The lowest BCUT2D eigenvalue weighted by Crippen LogP contribution is -2.37. The Morgan fingerprint density at radius 1 is 1.14 bits per heavy atom. The molecule has 150 valence electrons. The summed E-state index contributed by atoms with van der Waals surface area (Å²) < 4.78 is 30.2. The number of nitrogens with zero attached hydrogens (tertiary/aromatic N) is 1. The van der Waals surface area contributed by atoms with Gasteiger partial charge in [-0.2, -0.15) is 0 Å². The van der Waals surface area contributed by atoms with Crippen LogP contribution in [-0.2, 0) is 19.6 Å². The zero-order valence-corrected chi connectivity index (χ0v) is 17.3. The number of hydrogen-bond donors (Lipinski definition) is 1. The Kier molecular flexibility index (Phi) is 7.04. The van der Waals surface area contributed by atoms with Gasteiger partial charge < -0.3 is 10.1 Å². The van der Waals surface area contributed by atoms with Crippen LogP contribution in [0.15, 0.2) is 42.5 Å². The van der Waals surface area contributed by atoms with Gasteiger partial charge in [0.15, 0.2) is 0 Å². The summed E-state index contributed by atoms with van der Waals surface area (Å²) >= 11 is 5.84. The van der Waals surface area contributed by atoms with E-state index in [2.05, 4.69) is 5.32 Å². The molecule has 0 aromatic heterocycles. The fraction of sp³-hybridized carbons (Fsp3) is 0.263. The van der Waals surface area contributed by atoms with Crippen molar-refractivity contribution in [1.29, 1.82) is 0 Å². The molecule has 0 aliphatic rings. The maximum absolute atomic E-state index is 12.4. The molecule has 7 nitrogen and oxygen atoms in total. The molecule has 2 aromatic carbocycles. The molecular weight excluding hydrogens is 404 g/mol. The molecule has 0 bridgehead atoms. The summed E-state index contributed by atoms with van der Waals surface area (Å²) in [6.07, 6.45) is 1.02. The molecule has 0 saturated heterocycles. The van der Waals surface area contributed by atoms with E-state index in [0.717, 1.165) is 10.6 Å². The number of aryl methyl sites for hydroxylation is 1. The van der Waals surface area contributed by atoms with Gasteiger partial charge in [0.25, 0.3) is 0 Å². The summed E-state index contributed by atoms with van der Waals surface area (Å²) in [5, 5.41) is 3.13. The van der Waals surface area contributed by atoms with E-state index in [9.17, 15) is 18.0 Å². The molecule has 1 N–H and O–H groups in total. The van der Waals surface area contributed by atoms with Crippen molar-refractivity contribution in [3.63, 3.8) is 0 Å². The van der Waals surface area contributed by atoms with Crippen LogP contribution < -0.4 is 9.62 Å². The average molecular weight is 425 g/mol. The standard InChI is InChI=1S/C19H21ClN2O5S/c1-4-27-19(24)14-5-10-17(13(2)11-14)21-18(23)12-22(28(3,25)26)16-8-6-15(20)7-9-16/h5-11H,4,12H2,1-3H3,(H,21,23). The smallest absolute Gasteiger partial charge is 0.338 e. The van der Waals surface area contributed by atoms with Gasteiger partial charge in [-0.05, 0) is 61.9 Å². The molecule has 9 heteroatoms. The molecule has 0 fully saturated rings. The van der Waals surface area contributed by atoms with Crippen molar-refractivity contribution in [2.75, 3.05) is 29.0 Å². The molecule has 0 saturated carbocycles. The van der Waals surface area contributed by atoms with Crippen LogP contribution in [0.25, 0.3) is 0 Å². The third-order valence-corrected chi connectivity index (χ3v) is 5.21. The highest BCUT2D eigenvalue weighted by atomic mass is 35.5. The highest BCUT2D eigenvalue weighted by Gasteiger charge is 2.21. The molecule has 2 aromatic rings. The lowest BCUT2D eigenvalue weighted by molar-refractivity contribution is -0.114. The number of nitrogens with one attached hydrogen (secondary N) is 1. The largest absolute Gasteiger partial charge is 0.462 e. The Bertz CT molecular complexity index is 974. The lowest BCUT2D eigenvalue weighted by atomic mass is 10.1. The van der Waals surface area contributed by atoms with Gasteiger partial charge in [-0.25, -0.2) is 13.2 Å². The number of amides is 1. The van der Waals surface area contributed by atoms with Crippen molar-refractivity contribution in [3.05, 3.63) is 58.6 Å². The summed E-state index contributed by atoms with van der Waals surface area (Å²) in [4.78, 5) is 24.2. The molecular formula is C19H21ClN2O5S. The zero-order chi connectivity index (χ0) is 20.9. The van der Waals surface area contributed by atoms with Gasteiger partial charge in [-0.15, -0.1) is 0 Å². The van der Waals surface area contributed by atoms with Crippen LogP contribution in [0.2, 0.25) is 5.02 Å². The normalized spacial score (nSPS) is 11.0. The van der Waals surface area contributed by atoms with Gasteiger partial charge in [-0.3, -0.25) is 9.10 Å². The Morgan fingerprint density at radius 2 is 1.79 bits per heavy atom. The van der Waals surface area contributed by atoms with Crippen molar-refractivity contribution >= 4 is 44.9 Å². The highest BCUT2D eigenvalue weighted by molar-refractivity contribution is 7.92. The van der Waals surface area contributed by atoms with Crippen LogP contribution >= 0.6 is 11.6 Å². The third kappa shape index (κ3) is 5.71. The topological polar surface area (TPSA) is 92.8 Å². The molecule has 0 atom stereocenters. The first-order valence-corrected chi connectivity index (χ1v) is 10.7. The highest BCUT2D eigenvalue weighted by Crippen LogP contribution is 2.21. The third-order valence-electron chi connectivity index (χ3n) is 3.81. The predicted molar refractivity (Wildman–Crippen MR) is 109 cm³/mol. The maximum Gasteiger partial charge on any atom is 0.338 e. The number of benzene rings is 2. The van der Waals surface area contributed by atoms with Crippen molar-refractivity contribution < 1.29 is 22.7 Å². The van der Waals surface area contributed by atoms with Gasteiger partial charge >= 0.3 is 5.97 Å². The number of carbonyl (C=O) groups is 2. The molecule has 0 heterocycles. The number of rotatable bonds is 7. The summed E-state index contributed by atoms with van der Waals surface area (Å²) in [5.41, 5.74) is 1.83. The van der Waals surface area contributed by atoms with E-state index < -0.39 is 28.4 Å². The van der Waals surface area contributed by atoms with Crippen molar-refractivity contribution in [1.82, 2.24) is 0 Å². The fourth-order valence-electron chi connectivity index (χ4n) is 2.47. The minimum Gasteiger partial charge on any atom is -0.462 e. The van der Waals surface area contributed by atoms with Gasteiger partial charge in [0.05, 0.1) is 24.1 Å². The van der Waals surface area contributed by atoms with E-state index in [1.165, 1.54) is 18.2 Å². The van der Waals surface area contributed by atoms with Crippen LogP contribution in [0.3, 0.4) is 0 Å². The van der Waals surface area contributed by atoms with Crippen LogP contribution in [0.4, 0.5) is 11.4 Å². The Labute approximate surface area is 169 Å². The average Bonchev–Trinajstić information content (AvgIpc) is 2.61. The van der Waals surface area contributed by atoms with E-state index in [0.29, 0.717) is 27.5 Å². The molecule has 0 radical (unpaired) electrons. The SMILES string of the molecule is CCOC(=O)c1ccc(NC(=O)CN(c2ccc(Cl)cc2)S(C)(=O)=O)c(C)c1. The Balaban J connectivity index is 2.17. The van der Waals surface area contributed by atoms with Crippen LogP contribution in [-0.4, -0.2) is 39.7 Å². The minimum absolute atomic E-state index is 0.266. The molecule has 0 aliphatic heterocycles. The number of esters is 1. The Hall–Kier alpha value is -2.58. The molecule has 1 amide bonds. The van der Waals surface area contributed by atoms with Crippen LogP contribution in [0, 0.1) is 6.92 Å². The zero-order valence-electron chi connectivity index (χ0n) is 15.7. The van der Waals surface area contributed by atoms with Crippen LogP contribution in [0.1, 0.15) is 22.8 Å². The first-order valence-electron chi connectivity index (χ1n) is 8.42. The van der Waals surface area contributed by atoms with Gasteiger partial charge in [0, 0.05) is 10.7 Å². The van der Waals surface area contributed by atoms with Crippen molar-refractivity contribution in [2.24, 2.45) is 0 Å². The second-order valence-electron chi connectivity index (χ2n) is 6.04. The summed E-state index contributed by atoms with van der Waals surface area (Å²) in [5.74, 6) is -0.971. The Morgan fingerprint density at radius 3 is 2.32 bits per heavy atom. The predicted octanol–water partition coefficient (Wildman–Crippen LogP) is 3.23. The maximum atomic E-state index is 12.4. The van der Waals surface area contributed by atoms with Crippen molar-refractivity contribution in [2.45, 2.75) is 13.8 Å². The number of ether oxygens (including phenoxy) is 1. The summed E-state index contributed by atoms with van der Waals surface area (Å²) in [6, 6.07) is 10.9. The number of carbonyl (C=O) groups excluding carboxylic acids is 2. The van der Waals surface area contributed by atoms with Crippen LogP contribution in [0.5, 0.6) is 0 Å². The van der Waals surface area contributed by atoms with Crippen molar-refractivity contribution in [3.8, 4) is 0 Å². The summed E-state index contributed by atoms with van der Waals surface area (Å²) in [6.45, 7) is 3.31. The molecule has 28 heavy (non-hydrogen) atoms. The second-order valence-corrected chi connectivity index (χ2v) is 8.39. The number of anilines is 2. The molecule has 0 unspecified atom stereocenters. The van der Waals surface area contributed by atoms with Gasteiger partial charge in [-0.1, -0.05) is 11.6 Å². The van der Waals surface area contributed by atoms with E-state index >= 15 is 0 Å². The quantitative estimate of drug-likeness (QED) is 0.689. The fourth-order valence-corrected chi connectivity index (χ4v) is 3.46. The molecule has 2 rings (SSSR count). The van der Waals surface area contributed by atoms with Gasteiger partial charge in [0.2, 0.25) is 15.9 Å². The molecule has 0 aliphatic carbocycles. The van der Waals surface area contributed by atoms with E-state index in [1.807, 2.05) is 0 Å². The first-order chi connectivity index (χ1) is 13.1. The van der Waals surface area contributed by atoms with E-state index in [1.54, 1.807) is 38.1 Å². The number of sulfonamides is 1. The summed E-state index contributed by atoms with van der Waals surface area (Å²) in [7, 11) is -3.68. The number of hydrogen-bond acceptors (Lipinski definition) is 5.